The molecule has 0 aliphatic heterocycles. The van der Waals surface area contributed by atoms with Crippen molar-refractivity contribution in [3.05, 3.63) is 77.7 Å². The van der Waals surface area contributed by atoms with Gasteiger partial charge in [-0.25, -0.2) is 18.4 Å². The molecular weight excluding hydrogens is 412 g/mol. The summed E-state index contributed by atoms with van der Waals surface area (Å²) in [6, 6.07) is 16.2. The minimum atomic E-state index is -3.96. The number of sulfone groups is 1. The maximum absolute atomic E-state index is 13.8. The Labute approximate surface area is 179 Å². The van der Waals surface area contributed by atoms with Gasteiger partial charge in [0.05, 0.1) is 28.7 Å². The lowest BCUT2D eigenvalue weighted by molar-refractivity contribution is 0.497. The van der Waals surface area contributed by atoms with Crippen LogP contribution in [0.2, 0.25) is 0 Å². The summed E-state index contributed by atoms with van der Waals surface area (Å²) in [7, 11) is -3.96. The van der Waals surface area contributed by atoms with Gasteiger partial charge in [-0.2, -0.15) is 0 Å². The second-order valence-electron chi connectivity index (χ2n) is 7.54. The van der Waals surface area contributed by atoms with Crippen LogP contribution in [0.4, 0.5) is 5.82 Å². The molecule has 0 bridgehead atoms. The number of nitrogens with zero attached hydrogens (tertiary/aromatic N) is 3. The molecule has 3 heterocycles. The van der Waals surface area contributed by atoms with E-state index in [9.17, 15) is 8.42 Å². The topological polar surface area (TPSA) is 104 Å². The fourth-order valence-corrected chi connectivity index (χ4v) is 5.61. The monoisotopic (exact) mass is 432 g/mol. The normalized spacial score (nSPS) is 12.1. The predicted molar refractivity (Wildman–Crippen MR) is 119 cm³/mol. The first-order valence-corrected chi connectivity index (χ1v) is 11.2. The van der Waals surface area contributed by atoms with Gasteiger partial charge in [0.25, 0.3) is 0 Å². The van der Waals surface area contributed by atoms with Crippen molar-refractivity contribution in [3.63, 3.8) is 0 Å². The third-order valence-corrected chi connectivity index (χ3v) is 7.30. The van der Waals surface area contributed by atoms with Crippen LogP contribution >= 0.6 is 0 Å². The van der Waals surface area contributed by atoms with E-state index in [0.29, 0.717) is 28.0 Å². The van der Waals surface area contributed by atoms with Gasteiger partial charge in [-0.1, -0.05) is 24.3 Å². The van der Waals surface area contributed by atoms with Crippen molar-refractivity contribution in [1.82, 2.24) is 14.5 Å². The fourth-order valence-electron chi connectivity index (χ4n) is 3.78. The van der Waals surface area contributed by atoms with Crippen LogP contribution < -0.4 is 5.73 Å². The average molecular weight is 433 g/mol. The predicted octanol–water partition coefficient (Wildman–Crippen LogP) is 4.26. The number of nitrogens with two attached hydrogens (primary N) is 1. The summed E-state index contributed by atoms with van der Waals surface area (Å²) >= 11 is 0. The molecule has 0 saturated carbocycles. The largest absolute Gasteiger partial charge is 0.467 e. The molecule has 0 saturated heterocycles. The number of rotatable bonds is 4. The number of nitrogen functional groups attached to an aromatic ring is 1. The molecule has 3 aromatic heterocycles. The molecule has 7 nitrogen and oxygen atoms in total. The van der Waals surface area contributed by atoms with E-state index < -0.39 is 9.84 Å². The van der Waals surface area contributed by atoms with Crippen LogP contribution in [0.5, 0.6) is 0 Å². The van der Waals surface area contributed by atoms with Crippen molar-refractivity contribution >= 4 is 37.9 Å². The highest BCUT2D eigenvalue weighted by Crippen LogP contribution is 2.36. The van der Waals surface area contributed by atoms with Crippen LogP contribution in [0.3, 0.4) is 0 Å². The van der Waals surface area contributed by atoms with Crippen LogP contribution in [-0.2, 0) is 16.4 Å². The number of anilines is 1. The number of para-hydroxylation sites is 2. The van der Waals surface area contributed by atoms with Crippen molar-refractivity contribution in [2.75, 3.05) is 5.73 Å². The van der Waals surface area contributed by atoms with Crippen LogP contribution in [0.15, 0.2) is 75.1 Å². The van der Waals surface area contributed by atoms with Gasteiger partial charge in [-0.15, -0.1) is 0 Å². The summed E-state index contributed by atoms with van der Waals surface area (Å²) in [5.41, 5.74) is 9.87. The first-order chi connectivity index (χ1) is 14.9. The van der Waals surface area contributed by atoms with Crippen LogP contribution in [0.1, 0.15) is 16.9 Å². The Morgan fingerprint density at radius 2 is 1.74 bits per heavy atom. The lowest BCUT2D eigenvalue weighted by Gasteiger charge is -2.09. The van der Waals surface area contributed by atoms with Crippen molar-refractivity contribution in [1.29, 1.82) is 0 Å². The smallest absolute Gasteiger partial charge is 0.212 e. The molecule has 0 radical (unpaired) electrons. The molecule has 0 fully saturated rings. The van der Waals surface area contributed by atoms with Gasteiger partial charge in [0, 0.05) is 0 Å². The molecule has 5 aromatic rings. The zero-order valence-corrected chi connectivity index (χ0v) is 17.8. The van der Waals surface area contributed by atoms with E-state index in [4.69, 9.17) is 15.1 Å². The van der Waals surface area contributed by atoms with Crippen molar-refractivity contribution in [3.8, 4) is 0 Å². The van der Waals surface area contributed by atoms with Gasteiger partial charge in [-0.05, 0) is 55.3 Å². The Kier molecular flexibility index (Phi) is 4.33. The molecule has 156 valence electrons. The Hall–Kier alpha value is -3.65. The van der Waals surface area contributed by atoms with Crippen LogP contribution in [0.25, 0.3) is 22.2 Å². The van der Waals surface area contributed by atoms with Gasteiger partial charge >= 0.3 is 0 Å². The molecule has 2 aromatic carbocycles. The number of hydrogen-bond acceptors (Lipinski definition) is 6. The van der Waals surface area contributed by atoms with E-state index in [2.05, 4.69) is 4.98 Å². The van der Waals surface area contributed by atoms with E-state index in [1.807, 2.05) is 31.2 Å². The van der Waals surface area contributed by atoms with E-state index >= 15 is 0 Å². The number of furan rings is 1. The third kappa shape index (κ3) is 3.07. The van der Waals surface area contributed by atoms with E-state index in [1.54, 1.807) is 48.1 Å². The minimum Gasteiger partial charge on any atom is -0.467 e. The van der Waals surface area contributed by atoms with Crippen LogP contribution in [0, 0.1) is 13.8 Å². The highest BCUT2D eigenvalue weighted by Gasteiger charge is 2.31. The zero-order valence-electron chi connectivity index (χ0n) is 17.0. The Morgan fingerprint density at radius 3 is 2.45 bits per heavy atom. The van der Waals surface area contributed by atoms with Gasteiger partial charge < -0.3 is 14.7 Å². The molecular formula is C23H20N4O3S. The lowest BCUT2D eigenvalue weighted by Crippen LogP contribution is -2.09. The molecule has 31 heavy (non-hydrogen) atoms. The summed E-state index contributed by atoms with van der Waals surface area (Å²) in [4.78, 5) is 9.55. The lowest BCUT2D eigenvalue weighted by atomic mass is 10.2. The van der Waals surface area contributed by atoms with Gasteiger partial charge in [0.2, 0.25) is 9.84 Å². The first-order valence-electron chi connectivity index (χ1n) is 9.75. The van der Waals surface area contributed by atoms with Gasteiger partial charge in [0.15, 0.2) is 5.65 Å². The maximum atomic E-state index is 13.8. The van der Waals surface area contributed by atoms with Gasteiger partial charge in [0.1, 0.15) is 22.0 Å². The summed E-state index contributed by atoms with van der Waals surface area (Å²) in [5, 5.41) is 0. The first kappa shape index (κ1) is 19.3. The second-order valence-corrected chi connectivity index (χ2v) is 9.39. The molecule has 0 atom stereocenters. The number of aromatic nitrogens is 3. The van der Waals surface area contributed by atoms with Crippen LogP contribution in [-0.4, -0.2) is 23.0 Å². The highest BCUT2D eigenvalue weighted by molar-refractivity contribution is 7.92. The maximum Gasteiger partial charge on any atom is 0.212 e. The fraction of sp³-hybridized carbons (Fsp3) is 0.130. The summed E-state index contributed by atoms with van der Waals surface area (Å²) in [6.45, 7) is 3.87. The van der Waals surface area contributed by atoms with Crippen molar-refractivity contribution < 1.29 is 12.8 Å². The van der Waals surface area contributed by atoms with E-state index in [-0.39, 0.29) is 27.7 Å². The Balaban J connectivity index is 1.86. The van der Waals surface area contributed by atoms with E-state index in [1.165, 1.54) is 0 Å². The Morgan fingerprint density at radius 1 is 1.00 bits per heavy atom. The SMILES string of the molecule is Cc1ccc(C)c(S(=O)(=O)c2c(N)n(Cc3ccco3)c3nc4ccccc4nc23)c1. The average Bonchev–Trinajstić information content (AvgIpc) is 3.35. The molecule has 0 amide bonds. The molecule has 0 spiro atoms. The summed E-state index contributed by atoms with van der Waals surface area (Å²) < 4.78 is 34.7. The zero-order chi connectivity index (χ0) is 21.8. The molecule has 5 rings (SSSR count). The summed E-state index contributed by atoms with van der Waals surface area (Å²) in [5.74, 6) is 0.719. The number of hydrogen-bond donors (Lipinski definition) is 1. The molecule has 2 N–H and O–H groups in total. The quantitative estimate of drug-likeness (QED) is 0.455. The number of aryl methyl sites for hydroxylation is 2. The second kappa shape index (κ2) is 6.95. The highest BCUT2D eigenvalue weighted by atomic mass is 32.2. The number of fused-ring (bicyclic) bond motifs is 2. The number of benzene rings is 2. The molecule has 0 unspecified atom stereocenters. The summed E-state index contributed by atoms with van der Waals surface area (Å²) in [6.07, 6.45) is 1.56. The molecule has 0 aliphatic rings. The standard InChI is InChI=1S/C23H20N4O3S/c1-14-9-10-15(2)19(12-14)31(28,29)21-20-23(26-18-8-4-3-7-17(18)25-20)27(22(21)24)13-16-6-5-11-30-16/h3-12H,13,24H2,1-2H3. The Bertz CT molecular complexity index is 1550. The third-order valence-electron chi connectivity index (χ3n) is 5.34. The molecule has 0 aliphatic carbocycles. The van der Waals surface area contributed by atoms with Gasteiger partial charge in [-0.3, -0.25) is 0 Å². The van der Waals surface area contributed by atoms with Crippen molar-refractivity contribution in [2.24, 2.45) is 0 Å². The van der Waals surface area contributed by atoms with Crippen molar-refractivity contribution in [2.45, 2.75) is 30.2 Å². The minimum absolute atomic E-state index is 0.0268. The molecule has 8 heteroatoms. The van der Waals surface area contributed by atoms with E-state index in [0.717, 1.165) is 5.56 Å².